The molecule has 1 spiro atoms. The minimum atomic E-state index is -3.77. The Kier molecular flexibility index (Phi) is 6.48. The molecule has 0 aliphatic carbocycles. The summed E-state index contributed by atoms with van der Waals surface area (Å²) in [4.78, 5) is 2.60. The molecular weight excluding hydrogens is 424 g/mol. The third-order valence-electron chi connectivity index (χ3n) is 6.19. The van der Waals surface area contributed by atoms with E-state index in [-0.39, 0.29) is 16.5 Å². The molecule has 0 saturated carbocycles. The van der Waals surface area contributed by atoms with Gasteiger partial charge in [-0.2, -0.15) is 13.5 Å². The number of rotatable bonds is 7. The van der Waals surface area contributed by atoms with Crippen molar-refractivity contribution in [3.05, 3.63) is 60.2 Å². The van der Waals surface area contributed by atoms with Gasteiger partial charge in [0.25, 0.3) is 10.0 Å². The smallest absolute Gasteiger partial charge is 0.283 e. The highest BCUT2D eigenvalue weighted by Gasteiger charge is 2.39. The number of hydrazone groups is 1. The number of hydrogen-bond acceptors (Lipinski definition) is 6. The van der Waals surface area contributed by atoms with E-state index in [0.717, 1.165) is 39.0 Å². The molecule has 32 heavy (non-hydrogen) atoms. The second kappa shape index (κ2) is 9.30. The standard InChI is InChI=1S/C23H30N6O2S/c1-19(25-18-27-32(30,31)22-9-7-21(24)8-10-22)29-17-23(16-26-29)11-13-28(14-12-23)15-20-5-3-2-4-6-20/h2-10,16,18-19H,11-15,17,24H2,1H3,(H,25,27). The number of benzene rings is 2. The third-order valence-corrected chi connectivity index (χ3v) is 7.44. The zero-order chi connectivity index (χ0) is 22.6. The molecule has 1 unspecified atom stereocenters. The van der Waals surface area contributed by atoms with E-state index < -0.39 is 10.0 Å². The van der Waals surface area contributed by atoms with Gasteiger partial charge in [0.05, 0.1) is 4.90 Å². The summed E-state index contributed by atoms with van der Waals surface area (Å²) in [6.07, 6.45) is 5.27. The summed E-state index contributed by atoms with van der Waals surface area (Å²) in [5.74, 6) is 0. The van der Waals surface area contributed by atoms with Crippen LogP contribution in [0.15, 0.2) is 69.0 Å². The summed E-state index contributed by atoms with van der Waals surface area (Å²) < 4.78 is 28.4. The number of anilines is 1. The third kappa shape index (κ3) is 5.28. The lowest BCUT2D eigenvalue weighted by Gasteiger charge is -2.38. The fraction of sp³-hybridized carbons (Fsp3) is 0.391. The molecule has 8 nitrogen and oxygen atoms in total. The van der Waals surface area contributed by atoms with Crippen LogP contribution in [0.2, 0.25) is 0 Å². The van der Waals surface area contributed by atoms with E-state index in [1.54, 1.807) is 12.1 Å². The van der Waals surface area contributed by atoms with E-state index in [1.807, 2.05) is 18.0 Å². The van der Waals surface area contributed by atoms with E-state index in [9.17, 15) is 8.42 Å². The number of likely N-dealkylation sites (tertiary alicyclic amines) is 1. The summed E-state index contributed by atoms with van der Waals surface area (Å²) in [5, 5.41) is 9.61. The maximum Gasteiger partial charge on any atom is 0.283 e. The van der Waals surface area contributed by atoms with Crippen molar-refractivity contribution < 1.29 is 8.42 Å². The maximum atomic E-state index is 12.3. The molecule has 3 N–H and O–H groups in total. The quantitative estimate of drug-likeness (QED) is 0.379. The van der Waals surface area contributed by atoms with Crippen molar-refractivity contribution in [1.82, 2.24) is 15.2 Å². The summed E-state index contributed by atoms with van der Waals surface area (Å²) in [5.41, 5.74) is 7.54. The largest absolute Gasteiger partial charge is 0.399 e. The molecule has 0 bridgehead atoms. The van der Waals surface area contributed by atoms with E-state index in [2.05, 4.69) is 50.2 Å². The van der Waals surface area contributed by atoms with Gasteiger partial charge in [0.2, 0.25) is 0 Å². The van der Waals surface area contributed by atoms with Crippen LogP contribution in [-0.2, 0) is 16.6 Å². The molecule has 9 heteroatoms. The molecule has 1 saturated heterocycles. The van der Waals surface area contributed by atoms with Crippen molar-refractivity contribution >= 4 is 28.3 Å². The summed E-state index contributed by atoms with van der Waals surface area (Å²) >= 11 is 0. The summed E-state index contributed by atoms with van der Waals surface area (Å²) in [7, 11) is -3.77. The number of piperidine rings is 1. The minimum Gasteiger partial charge on any atom is -0.399 e. The van der Waals surface area contributed by atoms with Crippen LogP contribution < -0.4 is 11.1 Å². The first kappa shape index (κ1) is 22.3. The van der Waals surface area contributed by atoms with Crippen LogP contribution >= 0.6 is 0 Å². The monoisotopic (exact) mass is 454 g/mol. The second-order valence-electron chi connectivity index (χ2n) is 8.59. The van der Waals surface area contributed by atoms with Crippen molar-refractivity contribution in [3.63, 3.8) is 0 Å². The minimum absolute atomic E-state index is 0.0797. The van der Waals surface area contributed by atoms with Crippen LogP contribution in [-0.4, -0.2) is 56.7 Å². The number of sulfonamides is 1. The van der Waals surface area contributed by atoms with Crippen molar-refractivity contribution in [3.8, 4) is 0 Å². The Labute approximate surface area is 189 Å². The number of hydrogen-bond donors (Lipinski definition) is 2. The molecule has 2 aliphatic heterocycles. The van der Waals surface area contributed by atoms with E-state index >= 15 is 0 Å². The van der Waals surface area contributed by atoms with Gasteiger partial charge < -0.3 is 11.1 Å². The van der Waals surface area contributed by atoms with Gasteiger partial charge in [-0.25, -0.2) is 0 Å². The predicted octanol–water partition coefficient (Wildman–Crippen LogP) is 2.51. The zero-order valence-corrected chi connectivity index (χ0v) is 19.1. The van der Waals surface area contributed by atoms with Crippen LogP contribution in [0.5, 0.6) is 0 Å². The molecule has 2 aromatic carbocycles. The van der Waals surface area contributed by atoms with Gasteiger partial charge in [0.15, 0.2) is 0 Å². The van der Waals surface area contributed by atoms with Gasteiger partial charge in [-0.1, -0.05) is 30.3 Å². The molecule has 0 amide bonds. The van der Waals surface area contributed by atoms with Crippen LogP contribution in [0.1, 0.15) is 25.3 Å². The average molecular weight is 455 g/mol. The Morgan fingerprint density at radius 2 is 1.84 bits per heavy atom. The molecule has 2 heterocycles. The Hall–Kier alpha value is -2.91. The maximum absolute atomic E-state index is 12.3. The fourth-order valence-corrected chi connectivity index (χ4v) is 4.92. The molecular formula is C23H30N6O2S. The highest BCUT2D eigenvalue weighted by atomic mass is 32.2. The Balaban J connectivity index is 1.27. The van der Waals surface area contributed by atoms with Crippen molar-refractivity contribution in [2.75, 3.05) is 25.4 Å². The number of nitrogen functional groups attached to an aromatic ring is 1. The highest BCUT2D eigenvalue weighted by molar-refractivity contribution is 7.90. The fourth-order valence-electron chi connectivity index (χ4n) is 4.12. The van der Waals surface area contributed by atoms with E-state index in [1.165, 1.54) is 24.0 Å². The Bertz CT molecular complexity index is 1060. The lowest BCUT2D eigenvalue weighted by atomic mass is 9.80. The van der Waals surface area contributed by atoms with Crippen LogP contribution in [0, 0.1) is 5.41 Å². The van der Waals surface area contributed by atoms with Crippen molar-refractivity contribution in [2.45, 2.75) is 37.4 Å². The molecule has 2 aromatic rings. The molecule has 170 valence electrons. The summed E-state index contributed by atoms with van der Waals surface area (Å²) in [6.45, 7) is 5.83. The molecule has 1 fully saturated rings. The first-order valence-corrected chi connectivity index (χ1v) is 12.3. The van der Waals surface area contributed by atoms with Gasteiger partial charge in [-0.05, 0) is 62.7 Å². The average Bonchev–Trinajstić information content (AvgIpc) is 3.20. The topological polar surface area (TPSA) is 103 Å². The molecule has 2 aliphatic rings. The normalized spacial score (nSPS) is 19.6. The van der Waals surface area contributed by atoms with E-state index in [0.29, 0.717) is 5.69 Å². The van der Waals surface area contributed by atoms with Crippen LogP contribution in [0.3, 0.4) is 0 Å². The van der Waals surface area contributed by atoms with E-state index in [4.69, 9.17) is 5.73 Å². The van der Waals surface area contributed by atoms with Gasteiger partial charge >= 0.3 is 0 Å². The number of nitrogens with two attached hydrogens (primary N) is 1. The van der Waals surface area contributed by atoms with Gasteiger partial charge in [0.1, 0.15) is 12.5 Å². The number of nitrogens with one attached hydrogen (secondary N) is 1. The van der Waals surface area contributed by atoms with Crippen molar-refractivity contribution in [2.24, 2.45) is 14.9 Å². The summed E-state index contributed by atoms with van der Waals surface area (Å²) in [6, 6.07) is 16.5. The van der Waals surface area contributed by atoms with Gasteiger partial charge in [-0.15, -0.1) is 4.40 Å². The highest BCUT2D eigenvalue weighted by Crippen LogP contribution is 2.35. The van der Waals surface area contributed by atoms with Gasteiger partial charge in [-0.3, -0.25) is 9.91 Å². The van der Waals surface area contributed by atoms with Crippen LogP contribution in [0.25, 0.3) is 0 Å². The zero-order valence-electron chi connectivity index (χ0n) is 18.3. The molecule has 4 rings (SSSR count). The second-order valence-corrected chi connectivity index (χ2v) is 10.2. The molecule has 0 aromatic heterocycles. The molecule has 0 radical (unpaired) electrons. The predicted molar refractivity (Wildman–Crippen MR) is 128 cm³/mol. The first-order valence-electron chi connectivity index (χ1n) is 10.8. The lowest BCUT2D eigenvalue weighted by Crippen LogP contribution is -2.46. The van der Waals surface area contributed by atoms with Gasteiger partial charge in [0, 0.05) is 30.4 Å². The number of nitrogens with zero attached hydrogens (tertiary/aromatic N) is 4. The molecule has 1 atom stereocenters. The SMILES string of the molecule is CC(NC=NS(=O)(=O)c1ccc(N)cc1)N1CC2(C=N1)CCN(Cc1ccccc1)CC2. The first-order chi connectivity index (χ1) is 15.4. The van der Waals surface area contributed by atoms with Crippen LogP contribution in [0.4, 0.5) is 5.69 Å². The lowest BCUT2D eigenvalue weighted by molar-refractivity contribution is 0.110. The van der Waals surface area contributed by atoms with Crippen molar-refractivity contribution in [1.29, 1.82) is 0 Å². The Morgan fingerprint density at radius 3 is 2.53 bits per heavy atom. The Morgan fingerprint density at radius 1 is 1.16 bits per heavy atom.